The van der Waals surface area contributed by atoms with E-state index in [9.17, 15) is 96.4 Å². The molecule has 0 unspecified atom stereocenters. The Kier molecular flexibility index (Phi) is 30.4. The molecule has 0 fully saturated rings. The summed E-state index contributed by atoms with van der Waals surface area (Å²) in [5.74, 6) is -8.48. The van der Waals surface area contributed by atoms with Crippen LogP contribution in [0.2, 0.25) is 0 Å². The summed E-state index contributed by atoms with van der Waals surface area (Å²) in [6.07, 6.45) is -8.12. The molecule has 9 aromatic carbocycles. The van der Waals surface area contributed by atoms with Crippen molar-refractivity contribution in [3.63, 3.8) is 0 Å². The maximum Gasteiger partial charge on any atom is 0.416 e. The van der Waals surface area contributed by atoms with Crippen LogP contribution in [0.4, 0.5) is 110 Å². The molecular formula is C76H59ClF12N12O12. The second-order valence-electron chi connectivity index (χ2n) is 23.1. The van der Waals surface area contributed by atoms with Gasteiger partial charge in [-0.2, -0.15) is 39.5 Å². The number of para-hydroxylation sites is 2. The summed E-state index contributed by atoms with van der Waals surface area (Å²) >= 11 is 4.88. The first-order chi connectivity index (χ1) is 53.0. The fourth-order valence-electron chi connectivity index (χ4n) is 9.06. The number of hydrogen-bond donors (Lipinski definition) is 10. The monoisotopic (exact) mass is 1590 g/mol. The number of nitro groups is 1. The maximum atomic E-state index is 14.1. The van der Waals surface area contributed by atoms with Crippen LogP contribution in [-0.2, 0) is 18.5 Å². The van der Waals surface area contributed by atoms with Crippen LogP contribution < -0.4 is 38.1 Å². The fraction of sp³-hybridized carbons (Fsp3) is 0.0921. The molecule has 113 heavy (non-hydrogen) atoms. The third-order valence-corrected chi connectivity index (χ3v) is 15.0. The molecule has 0 saturated heterocycles. The number of aryl methyl sites for hydroxylation is 4. The number of nitrogens with zero attached hydrogens (tertiary/aromatic N) is 5. The lowest BCUT2D eigenvalue weighted by Gasteiger charge is -2.12. The summed E-state index contributed by atoms with van der Waals surface area (Å²) < 4.78 is 154. The summed E-state index contributed by atoms with van der Waals surface area (Å²) in [5.41, 5.74) is 10.7. The van der Waals surface area contributed by atoms with Crippen molar-refractivity contribution in [2.45, 2.75) is 46.2 Å². The standard InChI is InChI=1S/C26H19F4N5O2.C16H11F4NO3.C10H10N4.C8H3ClF4O.C8H7NO4.C8H9NO2/c1-15-7-9-18(33-24(37)21-11-16(26(28,29)30)8-10-22(21)27)12-20(15)23(36)34-19-13-31-25(32-14-19)35-17-5-3-2-4-6-17;1-8-2-4-10(7-11(8)15(23)24)21-14(22)12-6-9(16(18,19)20)3-5-13(12)17;11-8-6-12-10(13-7-8)14-9-4-2-1-3-5-9;9-7(14)5-3-4(8(11,12)13)1-2-6(5)10;1-5-2-3-6(9(12)13)4-7(5)8(10)11;1-5-2-3-6(9)4-7(5)8(10)11/h2-14H,1H3,(H,33,37)(H,34,36)(H,31,32,35);2-7H,1H3,(H,21,22)(H,23,24);1-7H,11H2,(H,12,13,14);1-3H;2-4H,1H3,(H,10,11);2-4H,9H2,1H3,(H,10,11). The van der Waals surface area contributed by atoms with E-state index in [0.29, 0.717) is 100 Å². The number of rotatable bonds is 15. The number of hydrogen-bond acceptors (Lipinski definition) is 17. The smallest absolute Gasteiger partial charge is 0.416 e. The lowest BCUT2D eigenvalue weighted by molar-refractivity contribution is -0.384. The minimum Gasteiger partial charge on any atom is -0.478 e. The number of carboxylic acid groups (broad SMARTS) is 3. The van der Waals surface area contributed by atoms with E-state index < -0.39 is 115 Å². The predicted molar refractivity (Wildman–Crippen MR) is 393 cm³/mol. The molecule has 0 radical (unpaired) electrons. The van der Waals surface area contributed by atoms with E-state index in [1.165, 1.54) is 60.9 Å². The highest BCUT2D eigenvalue weighted by molar-refractivity contribution is 6.67. The molecule has 24 nitrogen and oxygen atoms in total. The molecule has 2 heterocycles. The van der Waals surface area contributed by atoms with Gasteiger partial charge in [0.15, 0.2) is 0 Å². The summed E-state index contributed by atoms with van der Waals surface area (Å²) in [6.45, 7) is 6.54. The van der Waals surface area contributed by atoms with E-state index in [4.69, 9.17) is 38.4 Å². The molecular weight excluding hydrogens is 1540 g/mol. The number of amides is 3. The largest absolute Gasteiger partial charge is 0.478 e. The van der Waals surface area contributed by atoms with Gasteiger partial charge in [-0.05, 0) is 177 Å². The first-order valence-corrected chi connectivity index (χ1v) is 32.2. The summed E-state index contributed by atoms with van der Waals surface area (Å²) in [5, 5.41) is 48.6. The van der Waals surface area contributed by atoms with Crippen LogP contribution in [0, 0.1) is 55.3 Å². The zero-order valence-electron chi connectivity index (χ0n) is 58.5. The SMILES string of the molecule is Cc1ccc(N)cc1C(=O)O.Cc1ccc(NC(=O)c2cc(C(F)(F)F)ccc2F)cc1C(=O)Nc1cnc(Nc2ccccc2)nc1.Cc1ccc(NC(=O)c2cc(C(F)(F)F)ccc2F)cc1C(=O)O.Cc1ccc([N+](=O)[O-])cc1C(=O)O.Nc1cnc(Nc2ccccc2)nc1.O=C(Cl)c1cc(C(F)(F)F)ccc1F. The maximum absolute atomic E-state index is 14.1. The minimum absolute atomic E-state index is 0.0276. The number of nitrogens with two attached hydrogens (primary N) is 2. The van der Waals surface area contributed by atoms with Gasteiger partial charge in [0.2, 0.25) is 11.9 Å². The average molecular weight is 1600 g/mol. The number of anilines is 9. The highest BCUT2D eigenvalue weighted by Gasteiger charge is 2.34. The average Bonchev–Trinajstić information content (AvgIpc) is 0.816. The van der Waals surface area contributed by atoms with Crippen LogP contribution >= 0.6 is 11.6 Å². The van der Waals surface area contributed by atoms with Crippen molar-refractivity contribution >= 4 is 110 Å². The molecule has 11 rings (SSSR count). The van der Waals surface area contributed by atoms with Gasteiger partial charge in [-0.1, -0.05) is 60.7 Å². The predicted octanol–water partition coefficient (Wildman–Crippen LogP) is 18.2. The first kappa shape index (κ1) is 87.6. The van der Waals surface area contributed by atoms with Gasteiger partial charge in [0.05, 0.1) is 91.2 Å². The fourth-order valence-corrected chi connectivity index (χ4v) is 9.20. The molecule has 586 valence electrons. The van der Waals surface area contributed by atoms with Gasteiger partial charge in [0, 0.05) is 46.1 Å². The molecule has 0 aliphatic rings. The Morgan fingerprint density at radius 1 is 0.381 bits per heavy atom. The van der Waals surface area contributed by atoms with Gasteiger partial charge in [-0.15, -0.1) is 0 Å². The second kappa shape index (κ2) is 39.2. The number of carboxylic acids is 3. The van der Waals surface area contributed by atoms with Crippen LogP contribution in [-0.4, -0.2) is 81.1 Å². The number of aromatic nitrogens is 4. The number of non-ortho nitro benzene ring substituents is 1. The molecule has 37 heteroatoms. The summed E-state index contributed by atoms with van der Waals surface area (Å²) in [7, 11) is 0. The van der Waals surface area contributed by atoms with Gasteiger partial charge in [-0.25, -0.2) is 47.5 Å². The minimum atomic E-state index is -4.74. The number of nitrogen functional groups attached to an aromatic ring is 2. The number of benzene rings is 9. The van der Waals surface area contributed by atoms with Crippen LogP contribution in [0.15, 0.2) is 213 Å². The van der Waals surface area contributed by atoms with Gasteiger partial charge in [-0.3, -0.25) is 29.3 Å². The van der Waals surface area contributed by atoms with Crippen molar-refractivity contribution in [2.24, 2.45) is 0 Å². The zero-order valence-corrected chi connectivity index (χ0v) is 59.3. The Morgan fingerprint density at radius 2 is 0.708 bits per heavy atom. The molecule has 11 aromatic rings. The highest BCUT2D eigenvalue weighted by atomic mass is 35.5. The van der Waals surface area contributed by atoms with E-state index in [2.05, 4.69) is 46.5 Å². The van der Waals surface area contributed by atoms with E-state index in [-0.39, 0.29) is 39.3 Å². The van der Waals surface area contributed by atoms with Gasteiger partial charge in [0.1, 0.15) is 17.5 Å². The van der Waals surface area contributed by atoms with Crippen LogP contribution in [0.3, 0.4) is 0 Å². The molecule has 2 aromatic heterocycles. The van der Waals surface area contributed by atoms with Crippen LogP contribution in [0.25, 0.3) is 0 Å². The molecule has 0 aliphatic heterocycles. The van der Waals surface area contributed by atoms with Crippen molar-refractivity contribution in [1.29, 1.82) is 0 Å². The van der Waals surface area contributed by atoms with E-state index in [1.54, 1.807) is 52.2 Å². The molecule has 12 N–H and O–H groups in total. The number of nitrogens with one attached hydrogen (secondary N) is 5. The van der Waals surface area contributed by atoms with Crippen molar-refractivity contribution < 1.29 is 106 Å². The second-order valence-corrected chi connectivity index (χ2v) is 23.5. The molecule has 0 atom stereocenters. The Balaban J connectivity index is 0.000000226. The Bertz CT molecular complexity index is 5290. The number of nitro benzene ring substituents is 1. The zero-order chi connectivity index (χ0) is 83.8. The summed E-state index contributed by atoms with van der Waals surface area (Å²) in [4.78, 5) is 106. The molecule has 0 bridgehead atoms. The van der Waals surface area contributed by atoms with Crippen molar-refractivity contribution in [1.82, 2.24) is 19.9 Å². The van der Waals surface area contributed by atoms with Gasteiger partial charge in [0.25, 0.3) is 28.7 Å². The number of alkyl halides is 9. The highest BCUT2D eigenvalue weighted by Crippen LogP contribution is 2.34. The van der Waals surface area contributed by atoms with Crippen molar-refractivity contribution in [3.05, 3.63) is 318 Å². The lowest BCUT2D eigenvalue weighted by atomic mass is 10.1. The first-order valence-electron chi connectivity index (χ1n) is 31.8. The Labute approximate surface area is 636 Å². The van der Waals surface area contributed by atoms with E-state index in [1.807, 2.05) is 60.7 Å². The molecule has 0 spiro atoms. The Morgan fingerprint density at radius 3 is 1.09 bits per heavy atom. The van der Waals surface area contributed by atoms with Gasteiger partial charge < -0.3 is 53.4 Å². The van der Waals surface area contributed by atoms with E-state index in [0.717, 1.165) is 29.1 Å². The normalized spacial score (nSPS) is 10.7. The Hall–Kier alpha value is -14.3. The third kappa shape index (κ3) is 26.8. The van der Waals surface area contributed by atoms with Crippen molar-refractivity contribution in [3.8, 4) is 0 Å². The molecule has 0 saturated carbocycles. The quantitative estimate of drug-likeness (QED) is 0.0150. The lowest BCUT2D eigenvalue weighted by Crippen LogP contribution is -2.17. The third-order valence-electron chi connectivity index (χ3n) is 14.8. The van der Waals surface area contributed by atoms with Crippen molar-refractivity contribution in [2.75, 3.05) is 38.1 Å². The van der Waals surface area contributed by atoms with Crippen LogP contribution in [0.1, 0.15) is 111 Å². The van der Waals surface area contributed by atoms with Crippen LogP contribution in [0.5, 0.6) is 0 Å². The van der Waals surface area contributed by atoms with E-state index >= 15 is 0 Å². The molecule has 0 aliphatic carbocycles. The number of aromatic carboxylic acids is 3. The number of carbonyl (C=O) groups is 7. The number of carbonyl (C=O) groups excluding carboxylic acids is 4. The topological polar surface area (TPSA) is 387 Å². The number of halogens is 13. The van der Waals surface area contributed by atoms with Gasteiger partial charge >= 0.3 is 36.4 Å². The summed E-state index contributed by atoms with van der Waals surface area (Å²) in [6, 6.07) is 40.3. The molecule has 3 amide bonds.